The molecule has 5 heteroatoms. The van der Waals surface area contributed by atoms with Gasteiger partial charge in [0, 0.05) is 24.2 Å². The van der Waals surface area contributed by atoms with E-state index in [1.54, 1.807) is 14.2 Å². The van der Waals surface area contributed by atoms with E-state index in [4.69, 9.17) is 9.47 Å². The summed E-state index contributed by atoms with van der Waals surface area (Å²) in [4.78, 5) is 11.4. The lowest BCUT2D eigenvalue weighted by molar-refractivity contribution is -0.114. The number of hydrogen-bond donors (Lipinski definition) is 2. The average Bonchev–Trinajstić information content (AvgIpc) is 3.16. The second-order valence-electron chi connectivity index (χ2n) is 7.07. The zero-order valence-corrected chi connectivity index (χ0v) is 15.8. The first-order valence-electron chi connectivity index (χ1n) is 9.17. The van der Waals surface area contributed by atoms with Crippen LogP contribution >= 0.6 is 0 Å². The SMILES string of the molecule is COc1ccc(C2Nc3ccc(NC(C)=O)cc3C3C=CCC32)cc1OC. The molecule has 0 aromatic heterocycles. The molecule has 2 aromatic carbocycles. The normalized spacial score (nSPS) is 22.4. The molecule has 3 unspecified atom stereocenters. The maximum atomic E-state index is 11.4. The highest BCUT2D eigenvalue weighted by molar-refractivity contribution is 5.89. The topological polar surface area (TPSA) is 59.6 Å². The molecular formula is C22H24N2O3. The van der Waals surface area contributed by atoms with Gasteiger partial charge in [0.1, 0.15) is 0 Å². The summed E-state index contributed by atoms with van der Waals surface area (Å²) < 4.78 is 10.9. The minimum absolute atomic E-state index is 0.0552. The van der Waals surface area contributed by atoms with Crippen molar-refractivity contribution < 1.29 is 14.3 Å². The van der Waals surface area contributed by atoms with Gasteiger partial charge in [-0.3, -0.25) is 4.79 Å². The summed E-state index contributed by atoms with van der Waals surface area (Å²) in [6, 6.07) is 12.4. The molecule has 5 nitrogen and oxygen atoms in total. The van der Waals surface area contributed by atoms with Crippen LogP contribution in [0.3, 0.4) is 0 Å². The second-order valence-corrected chi connectivity index (χ2v) is 7.07. The van der Waals surface area contributed by atoms with Crippen LogP contribution in [-0.4, -0.2) is 20.1 Å². The molecule has 2 aromatic rings. The van der Waals surface area contributed by atoms with Crippen LogP contribution in [-0.2, 0) is 4.79 Å². The lowest BCUT2D eigenvalue weighted by Gasteiger charge is -2.38. The fraction of sp³-hybridized carbons (Fsp3) is 0.318. The van der Waals surface area contributed by atoms with Gasteiger partial charge in [-0.05, 0) is 53.8 Å². The van der Waals surface area contributed by atoms with E-state index in [9.17, 15) is 4.79 Å². The number of anilines is 2. The summed E-state index contributed by atoms with van der Waals surface area (Å²) in [5.74, 6) is 2.17. The van der Waals surface area contributed by atoms with Crippen LogP contribution < -0.4 is 20.1 Å². The Morgan fingerprint density at radius 3 is 2.67 bits per heavy atom. The summed E-state index contributed by atoms with van der Waals surface area (Å²) in [6.45, 7) is 1.53. The number of fused-ring (bicyclic) bond motifs is 3. The van der Waals surface area contributed by atoms with Crippen molar-refractivity contribution in [1.82, 2.24) is 0 Å². The van der Waals surface area contributed by atoms with Crippen molar-refractivity contribution >= 4 is 17.3 Å². The average molecular weight is 364 g/mol. The molecule has 140 valence electrons. The monoisotopic (exact) mass is 364 g/mol. The molecule has 0 saturated carbocycles. The van der Waals surface area contributed by atoms with Crippen molar-refractivity contribution in [1.29, 1.82) is 0 Å². The highest BCUT2D eigenvalue weighted by Crippen LogP contribution is 2.51. The highest BCUT2D eigenvalue weighted by Gasteiger charge is 2.38. The zero-order valence-electron chi connectivity index (χ0n) is 15.8. The van der Waals surface area contributed by atoms with E-state index in [1.807, 2.05) is 12.1 Å². The van der Waals surface area contributed by atoms with Crippen LogP contribution in [0.1, 0.15) is 36.4 Å². The van der Waals surface area contributed by atoms with Crippen LogP contribution in [0.4, 0.5) is 11.4 Å². The number of ether oxygens (including phenoxy) is 2. The maximum absolute atomic E-state index is 11.4. The molecule has 4 rings (SSSR count). The summed E-state index contributed by atoms with van der Waals surface area (Å²) in [5, 5.41) is 6.59. The second kappa shape index (κ2) is 6.99. The van der Waals surface area contributed by atoms with Gasteiger partial charge >= 0.3 is 0 Å². The molecule has 0 fully saturated rings. The smallest absolute Gasteiger partial charge is 0.221 e. The van der Waals surface area contributed by atoms with Crippen LogP contribution in [0.15, 0.2) is 48.6 Å². The van der Waals surface area contributed by atoms with Crippen LogP contribution in [0.5, 0.6) is 11.5 Å². The number of allylic oxidation sites excluding steroid dienone is 2. The van der Waals surface area contributed by atoms with E-state index in [2.05, 4.69) is 47.1 Å². The summed E-state index contributed by atoms with van der Waals surface area (Å²) >= 11 is 0. The Labute approximate surface area is 159 Å². The Morgan fingerprint density at radius 1 is 1.11 bits per heavy atom. The summed E-state index contributed by atoms with van der Waals surface area (Å²) in [7, 11) is 3.31. The third kappa shape index (κ3) is 3.14. The first kappa shape index (κ1) is 17.5. The van der Waals surface area contributed by atoms with Crippen molar-refractivity contribution in [2.24, 2.45) is 5.92 Å². The van der Waals surface area contributed by atoms with E-state index >= 15 is 0 Å². The van der Waals surface area contributed by atoms with Crippen molar-refractivity contribution in [3.63, 3.8) is 0 Å². The molecule has 2 N–H and O–H groups in total. The molecule has 0 saturated heterocycles. The van der Waals surface area contributed by atoms with Crippen molar-refractivity contribution in [2.45, 2.75) is 25.3 Å². The van der Waals surface area contributed by atoms with E-state index in [0.29, 0.717) is 11.8 Å². The number of methoxy groups -OCH3 is 2. The standard InChI is InChI=1S/C22H24N2O3/c1-13(25)23-15-8-9-19-18(12-15)16-5-4-6-17(16)22(24-19)14-7-10-20(26-2)21(11-14)27-3/h4-5,7-12,16-17,22,24H,6H2,1-3H3,(H,23,25). The van der Waals surface area contributed by atoms with E-state index in [1.165, 1.54) is 18.1 Å². The Balaban J connectivity index is 1.71. The van der Waals surface area contributed by atoms with Crippen LogP contribution in [0, 0.1) is 5.92 Å². The number of carbonyl (C=O) groups excluding carboxylic acids is 1. The first-order valence-corrected chi connectivity index (χ1v) is 9.17. The number of nitrogens with one attached hydrogen (secondary N) is 2. The molecule has 2 aliphatic rings. The fourth-order valence-corrected chi connectivity index (χ4v) is 4.25. The number of carbonyl (C=O) groups is 1. The van der Waals surface area contributed by atoms with Gasteiger partial charge in [0.2, 0.25) is 5.91 Å². The Kier molecular flexibility index (Phi) is 4.52. The molecular weight excluding hydrogens is 340 g/mol. The van der Waals surface area contributed by atoms with E-state index in [0.717, 1.165) is 29.3 Å². The van der Waals surface area contributed by atoms with Gasteiger partial charge in [-0.2, -0.15) is 0 Å². The predicted octanol–water partition coefficient (Wildman–Crippen LogP) is 4.49. The molecule has 0 spiro atoms. The third-order valence-corrected chi connectivity index (χ3v) is 5.45. The van der Waals surface area contributed by atoms with Gasteiger partial charge in [0.15, 0.2) is 11.5 Å². The Morgan fingerprint density at radius 2 is 1.93 bits per heavy atom. The van der Waals surface area contributed by atoms with Crippen LogP contribution in [0.2, 0.25) is 0 Å². The fourth-order valence-electron chi connectivity index (χ4n) is 4.25. The molecule has 1 aliphatic heterocycles. The van der Waals surface area contributed by atoms with Gasteiger partial charge < -0.3 is 20.1 Å². The van der Waals surface area contributed by atoms with Crippen molar-refractivity contribution in [3.05, 3.63) is 59.7 Å². The van der Waals surface area contributed by atoms with Crippen molar-refractivity contribution in [2.75, 3.05) is 24.9 Å². The summed E-state index contributed by atoms with van der Waals surface area (Å²) in [5.41, 5.74) is 4.36. The van der Waals surface area contributed by atoms with Gasteiger partial charge in [0.25, 0.3) is 0 Å². The quantitative estimate of drug-likeness (QED) is 0.785. The van der Waals surface area contributed by atoms with Crippen molar-refractivity contribution in [3.8, 4) is 11.5 Å². The van der Waals surface area contributed by atoms with Crippen LogP contribution in [0.25, 0.3) is 0 Å². The Bertz CT molecular complexity index is 906. The number of amides is 1. The molecule has 1 heterocycles. The number of hydrogen-bond acceptors (Lipinski definition) is 4. The molecule has 1 aliphatic carbocycles. The van der Waals surface area contributed by atoms with E-state index in [-0.39, 0.29) is 11.9 Å². The predicted molar refractivity (Wildman–Crippen MR) is 107 cm³/mol. The number of benzene rings is 2. The van der Waals surface area contributed by atoms with E-state index < -0.39 is 0 Å². The zero-order chi connectivity index (χ0) is 19.0. The molecule has 0 bridgehead atoms. The third-order valence-electron chi connectivity index (χ3n) is 5.45. The lowest BCUT2D eigenvalue weighted by Crippen LogP contribution is -2.29. The molecule has 27 heavy (non-hydrogen) atoms. The largest absolute Gasteiger partial charge is 0.493 e. The molecule has 3 atom stereocenters. The van der Waals surface area contributed by atoms with Gasteiger partial charge in [0.05, 0.1) is 20.3 Å². The van der Waals surface area contributed by atoms with Gasteiger partial charge in [-0.25, -0.2) is 0 Å². The first-order chi connectivity index (χ1) is 13.1. The minimum Gasteiger partial charge on any atom is -0.493 e. The highest BCUT2D eigenvalue weighted by atomic mass is 16.5. The molecule has 1 amide bonds. The molecule has 0 radical (unpaired) electrons. The lowest BCUT2D eigenvalue weighted by atomic mass is 9.77. The summed E-state index contributed by atoms with van der Waals surface area (Å²) in [6.07, 6.45) is 5.56. The Hall–Kier alpha value is -2.95. The number of rotatable bonds is 4. The van der Waals surface area contributed by atoms with Gasteiger partial charge in [-0.1, -0.05) is 18.2 Å². The minimum atomic E-state index is -0.0552. The maximum Gasteiger partial charge on any atom is 0.221 e. The van der Waals surface area contributed by atoms with Gasteiger partial charge in [-0.15, -0.1) is 0 Å².